The van der Waals surface area contributed by atoms with Crippen LogP contribution in [-0.2, 0) is 11.3 Å². The number of piperidine rings is 1. The van der Waals surface area contributed by atoms with Crippen molar-refractivity contribution in [3.05, 3.63) is 46.0 Å². The number of nitrogens with one attached hydrogen (secondary N) is 1. The van der Waals surface area contributed by atoms with E-state index in [0.717, 1.165) is 44.7 Å². The van der Waals surface area contributed by atoms with Gasteiger partial charge in [0.1, 0.15) is 5.82 Å². The quantitative estimate of drug-likeness (QED) is 0.921. The summed E-state index contributed by atoms with van der Waals surface area (Å²) >= 11 is 0. The number of fused-ring (bicyclic) bond motifs is 1. The minimum absolute atomic E-state index is 0.135. The summed E-state index contributed by atoms with van der Waals surface area (Å²) < 4.78 is 19.1. The van der Waals surface area contributed by atoms with Crippen LogP contribution in [0.25, 0.3) is 10.9 Å². The highest BCUT2D eigenvalue weighted by molar-refractivity contribution is 5.78. The molecule has 1 N–H and O–H groups in total. The molecule has 3 rings (SSSR count). The molecule has 1 atom stereocenters. The predicted octanol–water partition coefficient (Wildman–Crippen LogP) is 3.06. The highest BCUT2D eigenvalue weighted by atomic mass is 19.1. The lowest BCUT2D eigenvalue weighted by atomic mass is 10.1. The number of ether oxygens (including phenoxy) is 1. The third-order valence-electron chi connectivity index (χ3n) is 4.26. The van der Waals surface area contributed by atoms with Crippen LogP contribution in [0.15, 0.2) is 29.1 Å². The zero-order chi connectivity index (χ0) is 16.2. The molecule has 0 amide bonds. The van der Waals surface area contributed by atoms with Gasteiger partial charge in [0.2, 0.25) is 0 Å². The first-order valence-corrected chi connectivity index (χ1v) is 8.31. The van der Waals surface area contributed by atoms with Gasteiger partial charge < -0.3 is 9.72 Å². The van der Waals surface area contributed by atoms with Crippen LogP contribution in [0.5, 0.6) is 0 Å². The van der Waals surface area contributed by atoms with E-state index in [1.54, 1.807) is 12.1 Å². The number of pyridine rings is 1. The highest BCUT2D eigenvalue weighted by Gasteiger charge is 2.20. The van der Waals surface area contributed by atoms with Crippen LogP contribution >= 0.6 is 0 Å². The molecule has 124 valence electrons. The average Bonchev–Trinajstić information content (AvgIpc) is 2.54. The first kappa shape index (κ1) is 16.1. The second-order valence-electron chi connectivity index (χ2n) is 6.22. The number of likely N-dealkylation sites (tertiary alicyclic amines) is 1. The molecule has 1 aromatic heterocycles. The van der Waals surface area contributed by atoms with Gasteiger partial charge in [-0.3, -0.25) is 9.69 Å². The van der Waals surface area contributed by atoms with E-state index in [1.807, 2.05) is 0 Å². The van der Waals surface area contributed by atoms with E-state index in [0.29, 0.717) is 17.4 Å². The van der Waals surface area contributed by atoms with Crippen molar-refractivity contribution in [2.75, 3.05) is 19.7 Å². The standard InChI is InChI=1S/C18H23FN2O2/c1-2-8-23-15-4-3-7-21(12-15)11-14-10-18(22)16-9-13(19)5-6-17(16)20-14/h5-6,9-10,15H,2-4,7-8,11-12H2,1H3,(H,20,22)/t15-/m1/s1. The van der Waals surface area contributed by atoms with Crippen LogP contribution < -0.4 is 5.43 Å². The van der Waals surface area contributed by atoms with Gasteiger partial charge in [-0.1, -0.05) is 6.92 Å². The fourth-order valence-electron chi connectivity index (χ4n) is 3.18. The van der Waals surface area contributed by atoms with Crippen LogP contribution in [0, 0.1) is 5.82 Å². The number of aromatic amines is 1. The lowest BCUT2D eigenvalue weighted by Gasteiger charge is -2.32. The molecule has 0 radical (unpaired) electrons. The summed E-state index contributed by atoms with van der Waals surface area (Å²) in [6.45, 7) is 5.51. The van der Waals surface area contributed by atoms with E-state index in [2.05, 4.69) is 16.8 Å². The molecule has 0 unspecified atom stereocenters. The molecule has 1 aromatic carbocycles. The van der Waals surface area contributed by atoms with Gasteiger partial charge in [-0.25, -0.2) is 4.39 Å². The molecule has 4 nitrogen and oxygen atoms in total. The second kappa shape index (κ2) is 7.23. The lowest BCUT2D eigenvalue weighted by molar-refractivity contribution is -0.00250. The van der Waals surface area contributed by atoms with Gasteiger partial charge >= 0.3 is 0 Å². The summed E-state index contributed by atoms with van der Waals surface area (Å²) in [7, 11) is 0. The van der Waals surface area contributed by atoms with E-state index in [9.17, 15) is 9.18 Å². The van der Waals surface area contributed by atoms with Crippen molar-refractivity contribution in [1.29, 1.82) is 0 Å². The van der Waals surface area contributed by atoms with Crippen LogP contribution in [-0.4, -0.2) is 35.7 Å². The van der Waals surface area contributed by atoms with E-state index < -0.39 is 0 Å². The van der Waals surface area contributed by atoms with Crippen molar-refractivity contribution in [2.24, 2.45) is 0 Å². The first-order valence-electron chi connectivity index (χ1n) is 8.31. The number of halogens is 1. The van der Waals surface area contributed by atoms with Gasteiger partial charge in [-0.05, 0) is 44.0 Å². The third-order valence-corrected chi connectivity index (χ3v) is 4.26. The zero-order valence-electron chi connectivity index (χ0n) is 13.5. The number of aromatic nitrogens is 1. The Kier molecular flexibility index (Phi) is 5.08. The average molecular weight is 318 g/mol. The Balaban J connectivity index is 1.73. The van der Waals surface area contributed by atoms with Crippen molar-refractivity contribution in [3.63, 3.8) is 0 Å². The summed E-state index contributed by atoms with van der Waals surface area (Å²) in [5.74, 6) is -0.386. The summed E-state index contributed by atoms with van der Waals surface area (Å²) in [6.07, 6.45) is 3.52. The zero-order valence-corrected chi connectivity index (χ0v) is 13.5. The Hall–Kier alpha value is -1.72. The van der Waals surface area contributed by atoms with Crippen molar-refractivity contribution in [3.8, 4) is 0 Å². The maximum absolute atomic E-state index is 13.3. The number of H-pyrrole nitrogens is 1. The number of nitrogens with zero attached hydrogens (tertiary/aromatic N) is 1. The van der Waals surface area contributed by atoms with E-state index in [4.69, 9.17) is 4.74 Å². The molecule has 0 spiro atoms. The first-order chi connectivity index (χ1) is 11.2. The van der Waals surface area contributed by atoms with Crippen LogP contribution in [0.2, 0.25) is 0 Å². The minimum Gasteiger partial charge on any atom is -0.377 e. The molecule has 2 aromatic rings. The Morgan fingerprint density at radius 2 is 2.26 bits per heavy atom. The Labute approximate surface area is 135 Å². The monoisotopic (exact) mass is 318 g/mol. The molecule has 0 saturated carbocycles. The van der Waals surface area contributed by atoms with Crippen molar-refractivity contribution in [2.45, 2.75) is 38.8 Å². The second-order valence-corrected chi connectivity index (χ2v) is 6.22. The molecule has 2 heterocycles. The fraction of sp³-hybridized carbons (Fsp3) is 0.500. The molecular formula is C18H23FN2O2. The summed E-state index contributed by atoms with van der Waals surface area (Å²) in [5, 5.41) is 0.400. The lowest BCUT2D eigenvalue weighted by Crippen LogP contribution is -2.39. The molecule has 1 aliphatic rings. The van der Waals surface area contributed by atoms with Gasteiger partial charge in [0.25, 0.3) is 0 Å². The van der Waals surface area contributed by atoms with Gasteiger partial charge in [0.15, 0.2) is 5.43 Å². The van der Waals surface area contributed by atoms with E-state index >= 15 is 0 Å². The van der Waals surface area contributed by atoms with E-state index in [1.165, 1.54) is 12.1 Å². The van der Waals surface area contributed by atoms with Crippen molar-refractivity contribution < 1.29 is 9.13 Å². The maximum atomic E-state index is 13.3. The molecular weight excluding hydrogens is 295 g/mol. The molecule has 1 aliphatic heterocycles. The minimum atomic E-state index is -0.386. The highest BCUT2D eigenvalue weighted by Crippen LogP contribution is 2.17. The van der Waals surface area contributed by atoms with Gasteiger partial charge in [0.05, 0.1) is 6.10 Å². The predicted molar refractivity (Wildman–Crippen MR) is 89.1 cm³/mol. The molecule has 1 saturated heterocycles. The number of benzene rings is 1. The topological polar surface area (TPSA) is 45.3 Å². The number of hydrogen-bond acceptors (Lipinski definition) is 3. The molecule has 23 heavy (non-hydrogen) atoms. The van der Waals surface area contributed by atoms with Crippen molar-refractivity contribution in [1.82, 2.24) is 9.88 Å². The normalized spacial score (nSPS) is 19.3. The van der Waals surface area contributed by atoms with Crippen LogP contribution in [0.1, 0.15) is 31.9 Å². The Morgan fingerprint density at radius 1 is 1.39 bits per heavy atom. The number of hydrogen-bond donors (Lipinski definition) is 1. The summed E-state index contributed by atoms with van der Waals surface area (Å²) in [4.78, 5) is 17.7. The van der Waals surface area contributed by atoms with Crippen LogP contribution in [0.4, 0.5) is 4.39 Å². The smallest absolute Gasteiger partial charge is 0.189 e. The summed E-state index contributed by atoms with van der Waals surface area (Å²) in [6, 6.07) is 5.86. The Bertz CT molecular complexity index is 729. The largest absolute Gasteiger partial charge is 0.377 e. The molecule has 0 aliphatic carbocycles. The SMILES string of the molecule is CCCO[C@@H]1CCCN(Cc2cc(=O)c3cc(F)ccc3[nH]2)C1. The van der Waals surface area contributed by atoms with Gasteiger partial charge in [0, 0.05) is 42.4 Å². The molecule has 5 heteroatoms. The third kappa shape index (κ3) is 3.98. The van der Waals surface area contributed by atoms with E-state index in [-0.39, 0.29) is 17.3 Å². The fourth-order valence-corrected chi connectivity index (χ4v) is 3.18. The summed E-state index contributed by atoms with van der Waals surface area (Å²) in [5.41, 5.74) is 1.42. The maximum Gasteiger partial charge on any atom is 0.189 e. The number of rotatable bonds is 5. The van der Waals surface area contributed by atoms with Gasteiger partial charge in [-0.2, -0.15) is 0 Å². The van der Waals surface area contributed by atoms with Gasteiger partial charge in [-0.15, -0.1) is 0 Å². The van der Waals surface area contributed by atoms with Crippen molar-refractivity contribution >= 4 is 10.9 Å². The molecule has 1 fully saturated rings. The Morgan fingerprint density at radius 3 is 3.09 bits per heavy atom. The van der Waals surface area contributed by atoms with Crippen LogP contribution in [0.3, 0.4) is 0 Å². The molecule has 0 bridgehead atoms.